The Balaban J connectivity index is -0.000000188. The molecule has 0 aromatic carbocycles. The monoisotopic (exact) mass is 244 g/mol. The van der Waals surface area contributed by atoms with Gasteiger partial charge in [-0.3, -0.25) is 0 Å². The van der Waals surface area contributed by atoms with E-state index < -0.39 is 0 Å². The average molecular weight is 245 g/mol. The lowest BCUT2D eigenvalue weighted by Crippen LogP contribution is -1.70. The third-order valence-electron chi connectivity index (χ3n) is 2.41. The topological polar surface area (TPSA) is 0 Å². The summed E-state index contributed by atoms with van der Waals surface area (Å²) in [5.74, 6) is 0. The van der Waals surface area contributed by atoms with Crippen LogP contribution in [-0.2, 0) is 0 Å². The van der Waals surface area contributed by atoms with Crippen molar-refractivity contribution in [1.82, 2.24) is 0 Å². The molecule has 0 aliphatic rings. The third-order valence-corrected chi connectivity index (χ3v) is 2.41. The fourth-order valence-electron chi connectivity index (χ4n) is 1.35. The van der Waals surface area contributed by atoms with E-state index in [1.54, 1.807) is 0 Å². The first-order valence-corrected chi connectivity index (χ1v) is 8.24. The summed E-state index contributed by atoms with van der Waals surface area (Å²) in [7, 11) is 0. The summed E-state index contributed by atoms with van der Waals surface area (Å²) in [6, 6.07) is 0. The molecular weight excluding hydrogens is 204 g/mol. The Morgan fingerprint density at radius 3 is 0.647 bits per heavy atom. The van der Waals surface area contributed by atoms with Crippen molar-refractivity contribution in [1.29, 1.82) is 0 Å². The van der Waals surface area contributed by atoms with Crippen molar-refractivity contribution in [2.45, 2.75) is 112 Å². The Hall–Kier alpha value is 0. The molecule has 0 amide bonds. The van der Waals surface area contributed by atoms with Crippen LogP contribution in [0.3, 0.4) is 0 Å². The minimum Gasteiger partial charge on any atom is -0.0656 e. The van der Waals surface area contributed by atoms with Gasteiger partial charge in [0.05, 0.1) is 0 Å². The molecule has 0 spiro atoms. The van der Waals surface area contributed by atoms with Gasteiger partial charge in [-0.15, -0.1) is 0 Å². The van der Waals surface area contributed by atoms with Gasteiger partial charge in [-0.2, -0.15) is 0 Å². The Labute approximate surface area is 113 Å². The summed E-state index contributed by atoms with van der Waals surface area (Å²) in [4.78, 5) is 0. The number of hydrogen-bond acceptors (Lipinski definition) is 0. The van der Waals surface area contributed by atoms with Gasteiger partial charge in [0.25, 0.3) is 0 Å². The second-order valence-corrected chi connectivity index (χ2v) is 4.83. The highest BCUT2D eigenvalue weighted by Gasteiger charge is 1.80. The molecule has 17 heavy (non-hydrogen) atoms. The van der Waals surface area contributed by atoms with Gasteiger partial charge in [0.15, 0.2) is 0 Å². The lowest BCUT2D eigenvalue weighted by molar-refractivity contribution is 0.656. The summed E-state index contributed by atoms with van der Waals surface area (Å²) < 4.78 is 0. The Bertz CT molecular complexity index is 58.1. The van der Waals surface area contributed by atoms with Crippen molar-refractivity contribution in [3.63, 3.8) is 0 Å². The van der Waals surface area contributed by atoms with E-state index in [1.807, 2.05) is 0 Å². The first-order chi connectivity index (χ1) is 8.24. The fraction of sp³-hybridized carbons (Fsp3) is 1.00. The van der Waals surface area contributed by atoms with E-state index in [-0.39, 0.29) is 0 Å². The maximum absolute atomic E-state index is 2.25. The van der Waals surface area contributed by atoms with Gasteiger partial charge in [-0.1, -0.05) is 112 Å². The molecule has 0 aromatic rings. The van der Waals surface area contributed by atoms with E-state index in [0.717, 1.165) is 0 Å². The standard InChI is InChI=1S/2C7H16.C3H8/c2*1-3-5-7-6-4-2;1-3-2/h2*3-7H2,1-2H3;3H2,1-2H3. The first-order valence-electron chi connectivity index (χ1n) is 8.24. The minimum atomic E-state index is 1.25. The molecule has 0 radical (unpaired) electrons. The van der Waals surface area contributed by atoms with E-state index in [2.05, 4.69) is 41.5 Å². The molecule has 0 rings (SSSR count). The second-order valence-electron chi connectivity index (χ2n) is 4.83. The van der Waals surface area contributed by atoms with E-state index in [0.29, 0.717) is 0 Å². The molecule has 0 aromatic heterocycles. The first kappa shape index (κ1) is 22.2. The Kier molecular flexibility index (Phi) is 38.9. The zero-order valence-corrected chi connectivity index (χ0v) is 13.8. The van der Waals surface area contributed by atoms with Crippen LogP contribution < -0.4 is 0 Å². The molecule has 0 aliphatic heterocycles. The number of unbranched alkanes of at least 4 members (excludes halogenated alkanes) is 8. The highest BCUT2D eigenvalue weighted by Crippen LogP contribution is 2.00. The molecule has 108 valence electrons. The van der Waals surface area contributed by atoms with Crippen LogP contribution in [0.1, 0.15) is 112 Å². The zero-order chi connectivity index (χ0) is 13.8. The third kappa shape index (κ3) is 49.0. The predicted molar refractivity (Wildman–Crippen MR) is 84.8 cm³/mol. The van der Waals surface area contributed by atoms with Crippen LogP contribution in [0, 0.1) is 0 Å². The smallest absolute Gasteiger partial charge is 0.0533 e. The van der Waals surface area contributed by atoms with Crippen LogP contribution >= 0.6 is 0 Å². The average Bonchev–Trinajstić information content (AvgIpc) is 2.32. The SMILES string of the molecule is CCC.CCCCCCC.CCCCCCC. The van der Waals surface area contributed by atoms with Crippen LogP contribution in [0.25, 0.3) is 0 Å². The van der Waals surface area contributed by atoms with Crippen molar-refractivity contribution in [2.75, 3.05) is 0 Å². The van der Waals surface area contributed by atoms with Crippen LogP contribution in [0.15, 0.2) is 0 Å². The lowest BCUT2D eigenvalue weighted by atomic mass is 10.2. The maximum Gasteiger partial charge on any atom is -0.0533 e. The van der Waals surface area contributed by atoms with Crippen molar-refractivity contribution in [3.05, 3.63) is 0 Å². The molecule has 0 nitrogen and oxygen atoms in total. The van der Waals surface area contributed by atoms with Gasteiger partial charge in [-0.05, 0) is 0 Å². The quantitative estimate of drug-likeness (QED) is 0.391. The van der Waals surface area contributed by atoms with Crippen molar-refractivity contribution >= 4 is 0 Å². The van der Waals surface area contributed by atoms with E-state index in [4.69, 9.17) is 0 Å². The van der Waals surface area contributed by atoms with Gasteiger partial charge >= 0.3 is 0 Å². The van der Waals surface area contributed by atoms with Gasteiger partial charge in [0.1, 0.15) is 0 Å². The van der Waals surface area contributed by atoms with Gasteiger partial charge in [0, 0.05) is 0 Å². The molecule has 0 heteroatoms. The summed E-state index contributed by atoms with van der Waals surface area (Å²) in [5.41, 5.74) is 0. The van der Waals surface area contributed by atoms with Gasteiger partial charge < -0.3 is 0 Å². The zero-order valence-electron chi connectivity index (χ0n) is 13.8. The van der Waals surface area contributed by atoms with Crippen molar-refractivity contribution in [3.8, 4) is 0 Å². The molecule has 0 aliphatic carbocycles. The largest absolute Gasteiger partial charge is 0.0656 e. The molecule has 0 N–H and O–H groups in total. The second kappa shape index (κ2) is 29.8. The summed E-state index contributed by atoms with van der Waals surface area (Å²) in [6.45, 7) is 13.2. The van der Waals surface area contributed by atoms with E-state index >= 15 is 0 Å². The van der Waals surface area contributed by atoms with Crippen molar-refractivity contribution < 1.29 is 0 Å². The highest BCUT2D eigenvalue weighted by molar-refractivity contribution is 4.36. The van der Waals surface area contributed by atoms with Gasteiger partial charge in [-0.25, -0.2) is 0 Å². The fourth-order valence-corrected chi connectivity index (χ4v) is 1.35. The van der Waals surface area contributed by atoms with Crippen LogP contribution in [0.2, 0.25) is 0 Å². The molecule has 0 heterocycles. The molecule has 0 saturated heterocycles. The van der Waals surface area contributed by atoms with E-state index in [1.165, 1.54) is 70.6 Å². The molecule has 0 atom stereocenters. The highest BCUT2D eigenvalue weighted by atomic mass is 13.9. The van der Waals surface area contributed by atoms with E-state index in [9.17, 15) is 0 Å². The summed E-state index contributed by atoms with van der Waals surface area (Å²) in [6.07, 6.45) is 15.3. The minimum absolute atomic E-state index is 1.25. The van der Waals surface area contributed by atoms with Crippen molar-refractivity contribution in [2.24, 2.45) is 0 Å². The summed E-state index contributed by atoms with van der Waals surface area (Å²) >= 11 is 0. The molecule has 0 unspecified atom stereocenters. The lowest BCUT2D eigenvalue weighted by Gasteiger charge is -1.90. The maximum atomic E-state index is 2.25. The predicted octanol–water partition coefficient (Wildman–Crippen LogP) is 7.37. The number of hydrogen-bond donors (Lipinski definition) is 0. The molecule has 0 fully saturated rings. The Morgan fingerprint density at radius 1 is 0.353 bits per heavy atom. The van der Waals surface area contributed by atoms with Crippen LogP contribution in [-0.4, -0.2) is 0 Å². The van der Waals surface area contributed by atoms with Gasteiger partial charge in [0.2, 0.25) is 0 Å². The summed E-state index contributed by atoms with van der Waals surface area (Å²) in [5, 5.41) is 0. The molecule has 0 bridgehead atoms. The normalized spacial score (nSPS) is 8.82. The van der Waals surface area contributed by atoms with Crippen LogP contribution in [0.4, 0.5) is 0 Å². The number of rotatable bonds is 8. The molecule has 0 saturated carbocycles. The van der Waals surface area contributed by atoms with Crippen LogP contribution in [0.5, 0.6) is 0 Å². The molecular formula is C17H40. The Morgan fingerprint density at radius 2 is 0.529 bits per heavy atom.